The molecule has 98 valence electrons. The number of hydrogen-bond acceptors (Lipinski definition) is 1. The normalized spacial score (nSPS) is 25.9. The Bertz CT molecular complexity index is 539. The molecular formula is C17H17FO. The third kappa shape index (κ3) is 2.53. The summed E-state index contributed by atoms with van der Waals surface area (Å²) in [6.45, 7) is 0. The minimum absolute atomic E-state index is 0.00541. The lowest BCUT2D eigenvalue weighted by molar-refractivity contribution is -0.123. The summed E-state index contributed by atoms with van der Waals surface area (Å²) in [5.74, 6) is 0.640. The molecular weight excluding hydrogens is 239 g/mol. The maximum absolute atomic E-state index is 12.9. The van der Waals surface area contributed by atoms with Gasteiger partial charge in [-0.05, 0) is 42.9 Å². The second-order valence-electron chi connectivity index (χ2n) is 5.42. The van der Waals surface area contributed by atoms with E-state index in [0.717, 1.165) is 18.4 Å². The van der Waals surface area contributed by atoms with Crippen molar-refractivity contribution < 1.29 is 9.18 Å². The Morgan fingerprint density at radius 3 is 2.79 bits per heavy atom. The van der Waals surface area contributed by atoms with Crippen LogP contribution < -0.4 is 0 Å². The monoisotopic (exact) mass is 256 g/mol. The molecule has 0 radical (unpaired) electrons. The van der Waals surface area contributed by atoms with Gasteiger partial charge in [-0.25, -0.2) is 4.39 Å². The number of rotatable bonds is 2. The topological polar surface area (TPSA) is 17.1 Å². The minimum Gasteiger partial charge on any atom is -0.299 e. The van der Waals surface area contributed by atoms with Gasteiger partial charge >= 0.3 is 0 Å². The molecule has 0 heterocycles. The molecule has 1 saturated carbocycles. The van der Waals surface area contributed by atoms with E-state index in [9.17, 15) is 9.18 Å². The summed E-state index contributed by atoms with van der Waals surface area (Å²) < 4.78 is 12.9. The Morgan fingerprint density at radius 1 is 1.21 bits per heavy atom. The second-order valence-corrected chi connectivity index (χ2v) is 5.42. The van der Waals surface area contributed by atoms with Gasteiger partial charge in [0.2, 0.25) is 0 Å². The molecule has 1 aromatic carbocycles. The van der Waals surface area contributed by atoms with Crippen molar-refractivity contribution in [1.29, 1.82) is 0 Å². The number of fused-ring (bicyclic) bond motifs is 1. The molecule has 0 aliphatic heterocycles. The van der Waals surface area contributed by atoms with Gasteiger partial charge in [0, 0.05) is 12.3 Å². The maximum Gasteiger partial charge on any atom is 0.140 e. The summed E-state index contributed by atoms with van der Waals surface area (Å²) >= 11 is 0. The summed E-state index contributed by atoms with van der Waals surface area (Å²) in [5, 5.41) is 0. The molecule has 1 fully saturated rings. The molecule has 2 atom stereocenters. The average Bonchev–Trinajstić information content (AvgIpc) is 2.44. The van der Waals surface area contributed by atoms with E-state index < -0.39 is 0 Å². The minimum atomic E-state index is -0.226. The molecule has 0 aromatic heterocycles. The Hall–Kier alpha value is -1.70. The zero-order chi connectivity index (χ0) is 13.2. The molecule has 2 aliphatic carbocycles. The maximum atomic E-state index is 12.9. The quantitative estimate of drug-likeness (QED) is 0.785. The summed E-state index contributed by atoms with van der Waals surface area (Å²) in [6, 6.07) is 6.50. The van der Waals surface area contributed by atoms with Crippen LogP contribution in [-0.2, 0) is 11.2 Å². The van der Waals surface area contributed by atoms with E-state index in [-0.39, 0.29) is 11.7 Å². The Labute approximate surface area is 112 Å². The van der Waals surface area contributed by atoms with Crippen LogP contribution in [0.1, 0.15) is 24.8 Å². The molecule has 2 unspecified atom stereocenters. The number of hydrogen-bond donors (Lipinski definition) is 0. The van der Waals surface area contributed by atoms with E-state index in [1.165, 1.54) is 17.7 Å². The first-order chi connectivity index (χ1) is 9.24. The third-order valence-electron chi connectivity index (χ3n) is 4.20. The number of benzene rings is 1. The van der Waals surface area contributed by atoms with Crippen LogP contribution in [0.15, 0.2) is 48.1 Å². The van der Waals surface area contributed by atoms with Crippen LogP contribution in [0.2, 0.25) is 0 Å². The van der Waals surface area contributed by atoms with Crippen molar-refractivity contribution in [1.82, 2.24) is 0 Å². The number of carbonyl (C=O) groups is 1. The van der Waals surface area contributed by atoms with Gasteiger partial charge in [-0.3, -0.25) is 4.79 Å². The molecule has 1 aromatic rings. The highest BCUT2D eigenvalue weighted by Gasteiger charge is 2.33. The average molecular weight is 256 g/mol. The molecule has 0 saturated heterocycles. The Balaban J connectivity index is 1.84. The van der Waals surface area contributed by atoms with Crippen LogP contribution in [0.5, 0.6) is 0 Å². The standard InChI is InChI=1S/C17H17FO/c18-14-8-5-12(6-9-14)11-16-15-4-2-1-3-13(15)7-10-17(16)19/h1-2,4-6,8-9,13,16H,3,7,10-11H2. The van der Waals surface area contributed by atoms with Crippen molar-refractivity contribution in [2.75, 3.05) is 0 Å². The lowest BCUT2D eigenvalue weighted by Crippen LogP contribution is -2.30. The number of allylic oxidation sites excluding steroid dienone is 4. The van der Waals surface area contributed by atoms with Crippen molar-refractivity contribution in [3.63, 3.8) is 0 Å². The largest absolute Gasteiger partial charge is 0.299 e. The van der Waals surface area contributed by atoms with E-state index in [0.29, 0.717) is 24.5 Å². The molecule has 0 bridgehead atoms. The van der Waals surface area contributed by atoms with Crippen LogP contribution in [0.4, 0.5) is 4.39 Å². The Morgan fingerprint density at radius 2 is 2.00 bits per heavy atom. The van der Waals surface area contributed by atoms with Gasteiger partial charge in [0.25, 0.3) is 0 Å². The summed E-state index contributed by atoms with van der Waals surface area (Å²) in [6.07, 6.45) is 9.77. The third-order valence-corrected chi connectivity index (χ3v) is 4.20. The van der Waals surface area contributed by atoms with Gasteiger partial charge in [0.1, 0.15) is 11.6 Å². The molecule has 19 heavy (non-hydrogen) atoms. The molecule has 0 N–H and O–H groups in total. The van der Waals surface area contributed by atoms with E-state index in [1.54, 1.807) is 12.1 Å². The van der Waals surface area contributed by atoms with Crippen molar-refractivity contribution in [3.05, 3.63) is 59.4 Å². The highest BCUT2D eigenvalue weighted by molar-refractivity contribution is 5.85. The van der Waals surface area contributed by atoms with Gasteiger partial charge in [-0.1, -0.05) is 35.9 Å². The molecule has 2 aliphatic rings. The molecule has 0 spiro atoms. The molecule has 2 heteroatoms. The fraction of sp³-hybridized carbons (Fsp3) is 0.353. The van der Waals surface area contributed by atoms with Gasteiger partial charge in [0.15, 0.2) is 0 Å². The number of ketones is 1. The van der Waals surface area contributed by atoms with Gasteiger partial charge in [-0.15, -0.1) is 0 Å². The first kappa shape index (κ1) is 12.3. The van der Waals surface area contributed by atoms with Gasteiger partial charge < -0.3 is 0 Å². The first-order valence-corrected chi connectivity index (χ1v) is 6.88. The molecule has 1 nitrogen and oxygen atoms in total. The van der Waals surface area contributed by atoms with E-state index in [4.69, 9.17) is 0 Å². The zero-order valence-electron chi connectivity index (χ0n) is 10.8. The lowest BCUT2D eigenvalue weighted by atomic mass is 9.71. The second kappa shape index (κ2) is 5.12. The summed E-state index contributed by atoms with van der Waals surface area (Å²) in [4.78, 5) is 12.2. The highest BCUT2D eigenvalue weighted by Crippen LogP contribution is 2.38. The van der Waals surface area contributed by atoms with E-state index in [2.05, 4.69) is 18.2 Å². The van der Waals surface area contributed by atoms with E-state index in [1.807, 2.05) is 0 Å². The predicted molar refractivity (Wildman–Crippen MR) is 73.2 cm³/mol. The van der Waals surface area contributed by atoms with Crippen molar-refractivity contribution in [2.24, 2.45) is 11.8 Å². The SMILES string of the molecule is O=C1CCC2CC=CC=C2C1Cc1ccc(F)cc1. The first-order valence-electron chi connectivity index (χ1n) is 6.88. The van der Waals surface area contributed by atoms with Crippen LogP contribution in [0.25, 0.3) is 0 Å². The van der Waals surface area contributed by atoms with Crippen molar-refractivity contribution in [2.45, 2.75) is 25.7 Å². The van der Waals surface area contributed by atoms with Gasteiger partial charge in [0.05, 0.1) is 0 Å². The van der Waals surface area contributed by atoms with Crippen LogP contribution in [0, 0.1) is 17.7 Å². The smallest absolute Gasteiger partial charge is 0.140 e. The predicted octanol–water partition coefficient (Wildman–Crippen LogP) is 3.85. The van der Waals surface area contributed by atoms with Crippen LogP contribution in [-0.4, -0.2) is 5.78 Å². The number of halogens is 1. The highest BCUT2D eigenvalue weighted by atomic mass is 19.1. The van der Waals surface area contributed by atoms with Crippen molar-refractivity contribution >= 4 is 5.78 Å². The van der Waals surface area contributed by atoms with Crippen LogP contribution >= 0.6 is 0 Å². The van der Waals surface area contributed by atoms with Gasteiger partial charge in [-0.2, -0.15) is 0 Å². The van der Waals surface area contributed by atoms with E-state index >= 15 is 0 Å². The van der Waals surface area contributed by atoms with Crippen molar-refractivity contribution in [3.8, 4) is 0 Å². The Kier molecular flexibility index (Phi) is 3.33. The fourth-order valence-corrected chi connectivity index (χ4v) is 3.14. The number of Topliss-reactive ketones (excluding diaryl/α,β-unsaturated/α-hetero) is 1. The molecule has 3 rings (SSSR count). The lowest BCUT2D eigenvalue weighted by Gasteiger charge is -2.32. The van der Waals surface area contributed by atoms with Crippen LogP contribution in [0.3, 0.4) is 0 Å². The fourth-order valence-electron chi connectivity index (χ4n) is 3.14. The number of carbonyl (C=O) groups excluding carboxylic acids is 1. The zero-order valence-corrected chi connectivity index (χ0v) is 10.8. The summed E-state index contributed by atoms with van der Waals surface area (Å²) in [5.41, 5.74) is 2.32. The summed E-state index contributed by atoms with van der Waals surface area (Å²) in [7, 11) is 0. The molecule has 0 amide bonds.